The maximum Gasteiger partial charge on any atom is 0.161 e. The lowest BCUT2D eigenvalue weighted by molar-refractivity contribution is 0.332. The van der Waals surface area contributed by atoms with E-state index >= 15 is 0 Å². The highest BCUT2D eigenvalue weighted by molar-refractivity contribution is 5.81. The number of benzene rings is 2. The Morgan fingerprint density at radius 3 is 2.27 bits per heavy atom. The molecule has 3 rings (SSSR count). The maximum atomic E-state index is 9.78. The number of allylic oxidation sites excluding steroid dienone is 1. The van der Waals surface area contributed by atoms with Crippen LogP contribution < -0.4 is 4.74 Å². The lowest BCUT2D eigenvalue weighted by Crippen LogP contribution is -2.33. The van der Waals surface area contributed by atoms with Crippen molar-refractivity contribution in [1.29, 1.82) is 0 Å². The first-order valence-electron chi connectivity index (χ1n) is 9.35. The van der Waals surface area contributed by atoms with E-state index in [1.54, 1.807) is 13.2 Å². The number of rotatable bonds is 3. The predicted octanol–water partition coefficient (Wildman–Crippen LogP) is 6.31. The van der Waals surface area contributed by atoms with E-state index in [9.17, 15) is 5.11 Å². The Labute approximate surface area is 157 Å². The van der Waals surface area contributed by atoms with Crippen LogP contribution in [0.2, 0.25) is 0 Å². The molecular formula is C24H30O2. The Hall–Kier alpha value is -2.22. The van der Waals surface area contributed by atoms with Crippen LogP contribution in [-0.2, 0) is 10.8 Å². The highest BCUT2D eigenvalue weighted by atomic mass is 16.5. The van der Waals surface area contributed by atoms with Crippen LogP contribution in [-0.4, -0.2) is 12.2 Å². The van der Waals surface area contributed by atoms with Crippen LogP contribution in [0.4, 0.5) is 0 Å². The summed E-state index contributed by atoms with van der Waals surface area (Å²) in [6, 6.07) is 12.4. The minimum absolute atomic E-state index is 0.167. The highest BCUT2D eigenvalue weighted by Crippen LogP contribution is 2.46. The molecule has 0 saturated carbocycles. The number of hydrogen-bond acceptors (Lipinski definition) is 2. The lowest BCUT2D eigenvalue weighted by atomic mass is 9.63. The standard InChI is InChI=1S/C24H30O2/c1-16(13-17-7-10-21(25)22(14-17)26-6)18-8-9-19-20(15-18)24(4,5)12-11-23(19,2)3/h7-10,13-15,25H,11-12H2,1-6H3/b16-13+. The number of aromatic hydroxyl groups is 1. The van der Waals surface area contributed by atoms with Gasteiger partial charge in [0, 0.05) is 0 Å². The van der Waals surface area contributed by atoms with Gasteiger partial charge in [0.2, 0.25) is 0 Å². The molecule has 26 heavy (non-hydrogen) atoms. The molecule has 2 heteroatoms. The molecule has 1 aliphatic carbocycles. The molecule has 0 spiro atoms. The summed E-state index contributed by atoms with van der Waals surface area (Å²) in [5.74, 6) is 0.667. The van der Waals surface area contributed by atoms with Crippen molar-refractivity contribution in [3.63, 3.8) is 0 Å². The second-order valence-electron chi connectivity index (χ2n) is 8.79. The van der Waals surface area contributed by atoms with E-state index in [4.69, 9.17) is 4.74 Å². The Balaban J connectivity index is 2.02. The molecule has 0 saturated heterocycles. The smallest absolute Gasteiger partial charge is 0.161 e. The second-order valence-corrected chi connectivity index (χ2v) is 8.79. The van der Waals surface area contributed by atoms with Crippen LogP contribution in [0.15, 0.2) is 36.4 Å². The molecule has 2 aromatic carbocycles. The summed E-state index contributed by atoms with van der Waals surface area (Å²) in [5.41, 5.74) is 6.89. The first-order chi connectivity index (χ1) is 12.1. The normalized spacial score (nSPS) is 18.3. The van der Waals surface area contributed by atoms with Gasteiger partial charge in [-0.25, -0.2) is 0 Å². The van der Waals surface area contributed by atoms with Gasteiger partial charge in [0.25, 0.3) is 0 Å². The third-order valence-electron chi connectivity index (χ3n) is 5.90. The highest BCUT2D eigenvalue weighted by Gasteiger charge is 2.36. The minimum atomic E-state index is 0.167. The van der Waals surface area contributed by atoms with E-state index in [1.807, 2.05) is 12.1 Å². The average molecular weight is 351 g/mol. The zero-order valence-electron chi connectivity index (χ0n) is 16.8. The molecule has 0 amide bonds. The Kier molecular flexibility index (Phi) is 4.64. The molecule has 0 heterocycles. The van der Waals surface area contributed by atoms with Crippen LogP contribution in [0.1, 0.15) is 69.7 Å². The fourth-order valence-corrected chi connectivity index (χ4v) is 3.95. The van der Waals surface area contributed by atoms with Gasteiger partial charge in [-0.2, -0.15) is 0 Å². The lowest BCUT2D eigenvalue weighted by Gasteiger charge is -2.42. The van der Waals surface area contributed by atoms with Crippen LogP contribution in [0.5, 0.6) is 11.5 Å². The third-order valence-corrected chi connectivity index (χ3v) is 5.90. The summed E-state index contributed by atoms with van der Waals surface area (Å²) < 4.78 is 5.22. The molecule has 0 radical (unpaired) electrons. The molecule has 1 N–H and O–H groups in total. The largest absolute Gasteiger partial charge is 0.504 e. The number of methoxy groups -OCH3 is 1. The SMILES string of the molecule is COc1cc(/C=C(\C)c2ccc3c(c2)C(C)(C)CCC3(C)C)ccc1O. The zero-order valence-corrected chi connectivity index (χ0v) is 16.8. The van der Waals surface area contributed by atoms with Crippen LogP contribution in [0, 0.1) is 0 Å². The van der Waals surface area contributed by atoms with Crippen molar-refractivity contribution >= 4 is 11.6 Å². The summed E-state index contributed by atoms with van der Waals surface area (Å²) >= 11 is 0. The van der Waals surface area contributed by atoms with Gasteiger partial charge in [0.15, 0.2) is 11.5 Å². The van der Waals surface area contributed by atoms with Gasteiger partial charge in [-0.1, -0.05) is 58.0 Å². The van der Waals surface area contributed by atoms with Crippen molar-refractivity contribution in [2.75, 3.05) is 7.11 Å². The van der Waals surface area contributed by atoms with E-state index < -0.39 is 0 Å². The predicted molar refractivity (Wildman–Crippen MR) is 110 cm³/mol. The molecule has 0 aromatic heterocycles. The second kappa shape index (κ2) is 6.50. The van der Waals surface area contributed by atoms with Gasteiger partial charge in [-0.3, -0.25) is 0 Å². The van der Waals surface area contributed by atoms with Crippen LogP contribution in [0.25, 0.3) is 11.6 Å². The molecule has 0 unspecified atom stereocenters. The van der Waals surface area contributed by atoms with Gasteiger partial charge in [0.1, 0.15) is 0 Å². The number of ether oxygens (including phenoxy) is 1. The van der Waals surface area contributed by atoms with Gasteiger partial charge in [-0.05, 0) is 70.6 Å². The zero-order chi connectivity index (χ0) is 19.1. The third kappa shape index (κ3) is 3.38. The van der Waals surface area contributed by atoms with Crippen molar-refractivity contribution in [1.82, 2.24) is 0 Å². The van der Waals surface area contributed by atoms with Gasteiger partial charge in [-0.15, -0.1) is 0 Å². The number of phenolic OH excluding ortho intramolecular Hbond substituents is 1. The minimum Gasteiger partial charge on any atom is -0.504 e. The molecule has 2 nitrogen and oxygen atoms in total. The number of hydrogen-bond donors (Lipinski definition) is 1. The Morgan fingerprint density at radius 1 is 0.962 bits per heavy atom. The summed E-state index contributed by atoms with van der Waals surface area (Å²) in [7, 11) is 1.57. The van der Waals surface area contributed by atoms with E-state index in [0.717, 1.165) is 5.56 Å². The molecule has 0 bridgehead atoms. The summed E-state index contributed by atoms with van der Waals surface area (Å²) in [5, 5.41) is 9.78. The van der Waals surface area contributed by atoms with E-state index in [-0.39, 0.29) is 16.6 Å². The van der Waals surface area contributed by atoms with Crippen molar-refractivity contribution in [2.24, 2.45) is 0 Å². The molecule has 0 aliphatic heterocycles. The molecule has 138 valence electrons. The first kappa shape index (κ1) is 18.6. The molecule has 2 aromatic rings. The van der Waals surface area contributed by atoms with Crippen molar-refractivity contribution in [3.05, 3.63) is 58.7 Å². The van der Waals surface area contributed by atoms with Crippen LogP contribution >= 0.6 is 0 Å². The summed E-state index contributed by atoms with van der Waals surface area (Å²) in [4.78, 5) is 0. The monoisotopic (exact) mass is 350 g/mol. The fourth-order valence-electron chi connectivity index (χ4n) is 3.95. The quantitative estimate of drug-likeness (QED) is 0.657. The molecule has 1 aliphatic rings. The Morgan fingerprint density at radius 2 is 1.62 bits per heavy atom. The maximum absolute atomic E-state index is 9.78. The molecule has 0 fully saturated rings. The van der Waals surface area contributed by atoms with E-state index in [0.29, 0.717) is 5.75 Å². The van der Waals surface area contributed by atoms with Crippen molar-refractivity contribution < 1.29 is 9.84 Å². The van der Waals surface area contributed by atoms with E-state index in [2.05, 4.69) is 58.9 Å². The summed E-state index contributed by atoms with van der Waals surface area (Å²) in [6.45, 7) is 11.6. The van der Waals surface area contributed by atoms with Gasteiger partial charge < -0.3 is 9.84 Å². The fraction of sp³-hybridized carbons (Fsp3) is 0.417. The van der Waals surface area contributed by atoms with E-state index in [1.165, 1.54) is 35.1 Å². The number of phenols is 1. The van der Waals surface area contributed by atoms with Crippen molar-refractivity contribution in [2.45, 2.75) is 58.3 Å². The van der Waals surface area contributed by atoms with Crippen LogP contribution in [0.3, 0.4) is 0 Å². The molecule has 0 atom stereocenters. The average Bonchev–Trinajstić information content (AvgIpc) is 2.60. The topological polar surface area (TPSA) is 29.5 Å². The Bertz CT molecular complexity index is 857. The number of fused-ring (bicyclic) bond motifs is 1. The molecular weight excluding hydrogens is 320 g/mol. The van der Waals surface area contributed by atoms with Gasteiger partial charge in [0.05, 0.1) is 7.11 Å². The summed E-state index contributed by atoms with van der Waals surface area (Å²) in [6.07, 6.45) is 4.59. The van der Waals surface area contributed by atoms with Gasteiger partial charge >= 0.3 is 0 Å². The first-order valence-corrected chi connectivity index (χ1v) is 9.35. The van der Waals surface area contributed by atoms with Crippen molar-refractivity contribution in [3.8, 4) is 11.5 Å².